The summed E-state index contributed by atoms with van der Waals surface area (Å²) in [5.74, 6) is 0.880. The molecule has 0 atom stereocenters. The van der Waals surface area contributed by atoms with Gasteiger partial charge in [0.1, 0.15) is 5.75 Å². The van der Waals surface area contributed by atoms with Crippen LogP contribution in [0.2, 0.25) is 0 Å². The molecular weight excluding hydrogens is 370 g/mol. The number of nitro groups is 1. The Morgan fingerprint density at radius 1 is 1.10 bits per heavy atom. The van der Waals surface area contributed by atoms with Crippen LogP contribution in [-0.4, -0.2) is 42.0 Å². The fraction of sp³-hybridized carbons (Fsp3) is 0.409. The van der Waals surface area contributed by atoms with Crippen molar-refractivity contribution in [2.75, 3.05) is 26.2 Å². The Morgan fingerprint density at radius 2 is 1.79 bits per heavy atom. The molecule has 0 unspecified atom stereocenters. The van der Waals surface area contributed by atoms with Crippen LogP contribution in [0.3, 0.4) is 0 Å². The van der Waals surface area contributed by atoms with E-state index < -0.39 is 4.92 Å². The number of hydrogen-bond acceptors (Lipinski definition) is 5. The number of nitrogens with one attached hydrogen (secondary N) is 1. The van der Waals surface area contributed by atoms with Gasteiger partial charge in [0, 0.05) is 31.1 Å². The van der Waals surface area contributed by atoms with Gasteiger partial charge in [-0.25, -0.2) is 0 Å². The first kappa shape index (κ1) is 20.8. The molecule has 0 aliphatic carbocycles. The molecule has 7 heteroatoms. The molecule has 1 aliphatic heterocycles. The predicted molar refractivity (Wildman–Crippen MR) is 111 cm³/mol. The second-order valence-electron chi connectivity index (χ2n) is 7.27. The zero-order chi connectivity index (χ0) is 20.5. The standard InChI is InChI=1S/C22H27N3O4/c26-22(23-17-18-5-2-1-3-6-18)19-11-14-24(15-12-19)13-4-16-29-21-9-7-20(8-10-21)25(27)28/h1-3,5-10,19H,4,11-17H2,(H,23,26). The van der Waals surface area contributed by atoms with Gasteiger partial charge in [0.25, 0.3) is 5.69 Å². The third kappa shape index (κ3) is 6.57. The summed E-state index contributed by atoms with van der Waals surface area (Å²) in [4.78, 5) is 25.0. The number of rotatable bonds is 9. The third-order valence-corrected chi connectivity index (χ3v) is 5.20. The first-order valence-corrected chi connectivity index (χ1v) is 10.0. The van der Waals surface area contributed by atoms with Gasteiger partial charge in [-0.3, -0.25) is 14.9 Å². The molecule has 29 heavy (non-hydrogen) atoms. The van der Waals surface area contributed by atoms with Gasteiger partial charge in [-0.05, 0) is 50.0 Å². The second-order valence-corrected chi connectivity index (χ2v) is 7.27. The summed E-state index contributed by atoms with van der Waals surface area (Å²) in [6.07, 6.45) is 2.63. The van der Waals surface area contributed by atoms with Crippen LogP contribution in [0.25, 0.3) is 0 Å². The van der Waals surface area contributed by atoms with Crippen LogP contribution in [0, 0.1) is 16.0 Å². The molecule has 0 bridgehead atoms. The van der Waals surface area contributed by atoms with Crippen molar-refractivity contribution in [3.05, 3.63) is 70.3 Å². The van der Waals surface area contributed by atoms with E-state index in [9.17, 15) is 14.9 Å². The maximum absolute atomic E-state index is 12.4. The number of likely N-dealkylation sites (tertiary alicyclic amines) is 1. The van der Waals surface area contributed by atoms with Crippen LogP contribution in [0.1, 0.15) is 24.8 Å². The van der Waals surface area contributed by atoms with Crippen LogP contribution < -0.4 is 10.1 Å². The van der Waals surface area contributed by atoms with Gasteiger partial charge in [-0.1, -0.05) is 30.3 Å². The molecule has 154 valence electrons. The Morgan fingerprint density at radius 3 is 2.45 bits per heavy atom. The SMILES string of the molecule is O=C(NCc1ccccc1)C1CCN(CCCOc2ccc([N+](=O)[O-])cc2)CC1. The van der Waals surface area contributed by atoms with Crippen molar-refractivity contribution < 1.29 is 14.5 Å². The van der Waals surface area contributed by atoms with Gasteiger partial charge in [0.15, 0.2) is 0 Å². The number of carbonyl (C=O) groups is 1. The fourth-order valence-electron chi connectivity index (χ4n) is 3.49. The maximum atomic E-state index is 12.4. The van der Waals surface area contributed by atoms with Crippen LogP contribution in [-0.2, 0) is 11.3 Å². The van der Waals surface area contributed by atoms with Crippen molar-refractivity contribution in [3.8, 4) is 5.75 Å². The number of piperidine rings is 1. The van der Waals surface area contributed by atoms with Gasteiger partial charge in [0.05, 0.1) is 11.5 Å². The average Bonchev–Trinajstić information content (AvgIpc) is 2.76. The molecule has 1 N–H and O–H groups in total. The normalized spacial score (nSPS) is 15.0. The quantitative estimate of drug-likeness (QED) is 0.398. The lowest BCUT2D eigenvalue weighted by molar-refractivity contribution is -0.384. The van der Waals surface area contributed by atoms with E-state index in [2.05, 4.69) is 10.2 Å². The van der Waals surface area contributed by atoms with E-state index in [1.807, 2.05) is 30.3 Å². The van der Waals surface area contributed by atoms with Crippen molar-refractivity contribution in [1.29, 1.82) is 0 Å². The van der Waals surface area contributed by atoms with Gasteiger partial charge in [-0.2, -0.15) is 0 Å². The average molecular weight is 397 g/mol. The number of hydrogen-bond donors (Lipinski definition) is 1. The van der Waals surface area contributed by atoms with E-state index in [0.29, 0.717) is 18.9 Å². The summed E-state index contributed by atoms with van der Waals surface area (Å²) >= 11 is 0. The second kappa shape index (κ2) is 10.6. The lowest BCUT2D eigenvalue weighted by Gasteiger charge is -2.31. The topological polar surface area (TPSA) is 84.7 Å². The Hall–Kier alpha value is -2.93. The zero-order valence-corrected chi connectivity index (χ0v) is 16.5. The first-order chi connectivity index (χ1) is 14.1. The molecule has 0 radical (unpaired) electrons. The number of nitrogens with zero attached hydrogens (tertiary/aromatic N) is 2. The van der Waals surface area contributed by atoms with Gasteiger partial charge in [-0.15, -0.1) is 0 Å². The fourth-order valence-corrected chi connectivity index (χ4v) is 3.49. The van der Waals surface area contributed by atoms with Crippen LogP contribution >= 0.6 is 0 Å². The molecule has 2 aromatic rings. The van der Waals surface area contributed by atoms with Crippen molar-refractivity contribution in [1.82, 2.24) is 10.2 Å². The Bertz CT molecular complexity index is 787. The molecule has 1 fully saturated rings. The molecule has 1 saturated heterocycles. The molecule has 7 nitrogen and oxygen atoms in total. The van der Waals surface area contributed by atoms with Gasteiger partial charge >= 0.3 is 0 Å². The predicted octanol–water partition coefficient (Wildman–Crippen LogP) is 3.39. The van der Waals surface area contributed by atoms with Gasteiger partial charge in [0.2, 0.25) is 5.91 Å². The summed E-state index contributed by atoms with van der Waals surface area (Å²) in [6, 6.07) is 16.1. The molecule has 0 spiro atoms. The number of amides is 1. The Balaban J connectivity index is 1.29. The summed E-state index contributed by atoms with van der Waals surface area (Å²) in [7, 11) is 0. The van der Waals surface area contributed by atoms with E-state index in [4.69, 9.17) is 4.74 Å². The highest BCUT2D eigenvalue weighted by Gasteiger charge is 2.24. The van der Waals surface area contributed by atoms with Crippen LogP contribution in [0.5, 0.6) is 5.75 Å². The summed E-state index contributed by atoms with van der Waals surface area (Å²) in [6.45, 7) is 3.91. The zero-order valence-electron chi connectivity index (χ0n) is 16.5. The number of benzene rings is 2. The molecule has 2 aromatic carbocycles. The highest BCUT2D eigenvalue weighted by molar-refractivity contribution is 5.78. The van der Waals surface area contributed by atoms with E-state index >= 15 is 0 Å². The molecular formula is C22H27N3O4. The van der Waals surface area contributed by atoms with Gasteiger partial charge < -0.3 is 15.0 Å². The van der Waals surface area contributed by atoms with E-state index in [1.54, 1.807) is 12.1 Å². The van der Waals surface area contributed by atoms with Crippen LogP contribution in [0.4, 0.5) is 5.69 Å². The number of carbonyl (C=O) groups excluding carboxylic acids is 1. The highest BCUT2D eigenvalue weighted by Crippen LogP contribution is 2.19. The maximum Gasteiger partial charge on any atom is 0.269 e. The minimum absolute atomic E-state index is 0.0630. The number of nitro benzene ring substituents is 1. The summed E-state index contributed by atoms with van der Waals surface area (Å²) in [5, 5.41) is 13.7. The first-order valence-electron chi connectivity index (χ1n) is 10.0. The minimum Gasteiger partial charge on any atom is -0.494 e. The summed E-state index contributed by atoms with van der Waals surface area (Å²) in [5.41, 5.74) is 1.18. The molecule has 1 aliphatic rings. The van der Waals surface area contributed by atoms with E-state index in [0.717, 1.165) is 44.5 Å². The number of non-ortho nitro benzene ring substituents is 1. The molecule has 0 saturated carbocycles. The third-order valence-electron chi connectivity index (χ3n) is 5.20. The highest BCUT2D eigenvalue weighted by atomic mass is 16.6. The lowest BCUT2D eigenvalue weighted by Crippen LogP contribution is -2.40. The Labute approximate surface area is 170 Å². The smallest absolute Gasteiger partial charge is 0.269 e. The van der Waals surface area contributed by atoms with Crippen molar-refractivity contribution >= 4 is 11.6 Å². The van der Waals surface area contributed by atoms with Crippen molar-refractivity contribution in [3.63, 3.8) is 0 Å². The lowest BCUT2D eigenvalue weighted by atomic mass is 9.95. The molecule has 3 rings (SSSR count). The van der Waals surface area contributed by atoms with E-state index in [-0.39, 0.29) is 17.5 Å². The van der Waals surface area contributed by atoms with Crippen LogP contribution in [0.15, 0.2) is 54.6 Å². The van der Waals surface area contributed by atoms with Crippen molar-refractivity contribution in [2.24, 2.45) is 5.92 Å². The molecule has 1 amide bonds. The van der Waals surface area contributed by atoms with Crippen molar-refractivity contribution in [2.45, 2.75) is 25.8 Å². The monoisotopic (exact) mass is 397 g/mol. The minimum atomic E-state index is -0.421. The Kier molecular flexibility index (Phi) is 7.58. The van der Waals surface area contributed by atoms with E-state index in [1.165, 1.54) is 12.1 Å². The summed E-state index contributed by atoms with van der Waals surface area (Å²) < 4.78 is 5.65. The molecule has 0 aromatic heterocycles. The largest absolute Gasteiger partial charge is 0.494 e. The number of ether oxygens (including phenoxy) is 1. The molecule has 1 heterocycles.